The Morgan fingerprint density at radius 2 is 2.07 bits per heavy atom. The molecule has 3 heteroatoms. The lowest BCUT2D eigenvalue weighted by Gasteiger charge is -2.26. The van der Waals surface area contributed by atoms with Crippen LogP contribution in [0.1, 0.15) is 5.56 Å². The highest BCUT2D eigenvalue weighted by Gasteiger charge is 2.19. The highest BCUT2D eigenvalue weighted by atomic mass is 16.6. The van der Waals surface area contributed by atoms with Gasteiger partial charge in [-0.3, -0.25) is 0 Å². The lowest BCUT2D eigenvalue weighted by Crippen LogP contribution is -2.38. The molecule has 0 atom stereocenters. The van der Waals surface area contributed by atoms with Gasteiger partial charge in [-0.25, -0.2) is 0 Å². The van der Waals surface area contributed by atoms with Crippen molar-refractivity contribution >= 4 is 0 Å². The van der Waals surface area contributed by atoms with E-state index in [0.29, 0.717) is 19.6 Å². The standard InChI is InChI=1S/C11H11NO2/c12-6-5-9-1-3-10(4-2-9)14-11-7-13-8-11/h1-4,11H,5,7-8H2. The number of rotatable bonds is 3. The Balaban J connectivity index is 1.95. The van der Waals surface area contributed by atoms with Crippen LogP contribution < -0.4 is 4.74 Å². The predicted molar refractivity (Wildman–Crippen MR) is 51.0 cm³/mol. The highest BCUT2D eigenvalue weighted by Crippen LogP contribution is 2.16. The van der Waals surface area contributed by atoms with Gasteiger partial charge >= 0.3 is 0 Å². The Kier molecular flexibility index (Phi) is 2.66. The molecule has 14 heavy (non-hydrogen) atoms. The summed E-state index contributed by atoms with van der Waals surface area (Å²) in [4.78, 5) is 0. The zero-order valence-electron chi connectivity index (χ0n) is 7.77. The van der Waals surface area contributed by atoms with Gasteiger partial charge in [0.1, 0.15) is 11.9 Å². The zero-order chi connectivity index (χ0) is 9.80. The van der Waals surface area contributed by atoms with E-state index in [2.05, 4.69) is 6.07 Å². The van der Waals surface area contributed by atoms with Crippen molar-refractivity contribution in [2.45, 2.75) is 12.5 Å². The van der Waals surface area contributed by atoms with Crippen LogP contribution in [-0.4, -0.2) is 19.3 Å². The molecule has 1 aliphatic rings. The van der Waals surface area contributed by atoms with E-state index in [-0.39, 0.29) is 6.10 Å². The van der Waals surface area contributed by atoms with Crippen molar-refractivity contribution in [3.05, 3.63) is 29.8 Å². The van der Waals surface area contributed by atoms with Crippen LogP contribution in [0.3, 0.4) is 0 Å². The van der Waals surface area contributed by atoms with Gasteiger partial charge < -0.3 is 9.47 Å². The number of hydrogen-bond acceptors (Lipinski definition) is 3. The van der Waals surface area contributed by atoms with Crippen LogP contribution in [0, 0.1) is 11.3 Å². The molecule has 3 nitrogen and oxygen atoms in total. The molecule has 0 radical (unpaired) electrons. The van der Waals surface area contributed by atoms with E-state index < -0.39 is 0 Å². The van der Waals surface area contributed by atoms with Crippen LogP contribution in [0.5, 0.6) is 5.75 Å². The summed E-state index contributed by atoms with van der Waals surface area (Å²) in [6.07, 6.45) is 0.657. The number of ether oxygens (including phenoxy) is 2. The number of hydrogen-bond donors (Lipinski definition) is 0. The lowest BCUT2D eigenvalue weighted by atomic mass is 10.1. The van der Waals surface area contributed by atoms with E-state index in [0.717, 1.165) is 11.3 Å². The highest BCUT2D eigenvalue weighted by molar-refractivity contribution is 5.28. The van der Waals surface area contributed by atoms with Crippen molar-refractivity contribution in [1.82, 2.24) is 0 Å². The molecule has 2 rings (SSSR count). The van der Waals surface area contributed by atoms with Crippen molar-refractivity contribution in [3.63, 3.8) is 0 Å². The molecule has 0 unspecified atom stereocenters. The molecule has 0 aliphatic carbocycles. The Hall–Kier alpha value is -1.53. The normalized spacial score (nSPS) is 15.6. The van der Waals surface area contributed by atoms with Gasteiger partial charge in [0.05, 0.1) is 25.7 Å². The van der Waals surface area contributed by atoms with E-state index >= 15 is 0 Å². The van der Waals surface area contributed by atoms with E-state index in [1.807, 2.05) is 24.3 Å². The summed E-state index contributed by atoms with van der Waals surface area (Å²) < 4.78 is 10.6. The second kappa shape index (κ2) is 4.12. The van der Waals surface area contributed by atoms with Gasteiger partial charge in [-0.15, -0.1) is 0 Å². The fraction of sp³-hybridized carbons (Fsp3) is 0.364. The van der Waals surface area contributed by atoms with Crippen LogP contribution in [0.2, 0.25) is 0 Å². The molecular formula is C11H11NO2. The van der Waals surface area contributed by atoms with Crippen LogP contribution >= 0.6 is 0 Å². The molecular weight excluding hydrogens is 178 g/mol. The first-order chi connectivity index (χ1) is 6.88. The third-order valence-electron chi connectivity index (χ3n) is 2.12. The summed E-state index contributed by atoms with van der Waals surface area (Å²) in [7, 11) is 0. The average Bonchev–Trinajstić information content (AvgIpc) is 2.14. The maximum absolute atomic E-state index is 8.48. The summed E-state index contributed by atoms with van der Waals surface area (Å²) in [6, 6.07) is 9.72. The minimum absolute atomic E-state index is 0.205. The maximum atomic E-state index is 8.48. The van der Waals surface area contributed by atoms with E-state index in [1.54, 1.807) is 0 Å². The smallest absolute Gasteiger partial charge is 0.145 e. The van der Waals surface area contributed by atoms with Crippen LogP contribution in [0.4, 0.5) is 0 Å². The summed E-state index contributed by atoms with van der Waals surface area (Å²) in [5.74, 6) is 0.847. The van der Waals surface area contributed by atoms with Crippen molar-refractivity contribution < 1.29 is 9.47 Å². The van der Waals surface area contributed by atoms with Crippen LogP contribution in [0.25, 0.3) is 0 Å². The van der Waals surface area contributed by atoms with Crippen molar-refractivity contribution in [3.8, 4) is 11.8 Å². The zero-order valence-corrected chi connectivity index (χ0v) is 7.77. The molecule has 0 bridgehead atoms. The lowest BCUT2D eigenvalue weighted by molar-refractivity contribution is -0.0796. The van der Waals surface area contributed by atoms with Gasteiger partial charge in [0, 0.05) is 0 Å². The number of nitriles is 1. The van der Waals surface area contributed by atoms with Gasteiger partial charge in [-0.05, 0) is 17.7 Å². The molecule has 0 spiro atoms. The minimum atomic E-state index is 0.205. The fourth-order valence-corrected chi connectivity index (χ4v) is 1.25. The van der Waals surface area contributed by atoms with Gasteiger partial charge in [0.15, 0.2) is 0 Å². The summed E-state index contributed by atoms with van der Waals surface area (Å²) in [5.41, 5.74) is 1.02. The molecule has 1 aromatic rings. The molecule has 0 saturated carbocycles. The SMILES string of the molecule is N#CCc1ccc(OC2COC2)cc1. The minimum Gasteiger partial charge on any atom is -0.486 e. The fourth-order valence-electron chi connectivity index (χ4n) is 1.25. The molecule has 1 fully saturated rings. The van der Waals surface area contributed by atoms with Gasteiger partial charge in [-0.1, -0.05) is 12.1 Å². The summed E-state index contributed by atoms with van der Waals surface area (Å²) in [5, 5.41) is 8.48. The topological polar surface area (TPSA) is 42.2 Å². The second-order valence-electron chi connectivity index (χ2n) is 3.26. The number of nitrogens with zero attached hydrogens (tertiary/aromatic N) is 1. The van der Waals surface area contributed by atoms with Crippen molar-refractivity contribution in [2.24, 2.45) is 0 Å². The van der Waals surface area contributed by atoms with Gasteiger partial charge in [0.25, 0.3) is 0 Å². The quantitative estimate of drug-likeness (QED) is 0.724. The van der Waals surface area contributed by atoms with E-state index in [4.69, 9.17) is 14.7 Å². The van der Waals surface area contributed by atoms with Gasteiger partial charge in [-0.2, -0.15) is 5.26 Å². The molecule has 1 heterocycles. The number of benzene rings is 1. The first-order valence-electron chi connectivity index (χ1n) is 4.59. The molecule has 1 saturated heterocycles. The predicted octanol–water partition coefficient (Wildman–Crippen LogP) is 1.53. The third-order valence-corrected chi connectivity index (χ3v) is 2.12. The third kappa shape index (κ3) is 2.04. The Bertz CT molecular complexity index is 335. The molecule has 0 aromatic heterocycles. The summed E-state index contributed by atoms with van der Waals surface area (Å²) in [6.45, 7) is 1.36. The second-order valence-corrected chi connectivity index (χ2v) is 3.26. The monoisotopic (exact) mass is 189 g/mol. The largest absolute Gasteiger partial charge is 0.486 e. The molecule has 0 N–H and O–H groups in total. The molecule has 72 valence electrons. The maximum Gasteiger partial charge on any atom is 0.145 e. The first-order valence-corrected chi connectivity index (χ1v) is 4.59. The van der Waals surface area contributed by atoms with Crippen LogP contribution in [-0.2, 0) is 11.2 Å². The molecule has 1 aromatic carbocycles. The summed E-state index contributed by atoms with van der Waals surface area (Å²) >= 11 is 0. The van der Waals surface area contributed by atoms with Crippen molar-refractivity contribution in [1.29, 1.82) is 5.26 Å². The van der Waals surface area contributed by atoms with Gasteiger partial charge in [0.2, 0.25) is 0 Å². The van der Waals surface area contributed by atoms with E-state index in [1.165, 1.54) is 0 Å². The molecule has 1 aliphatic heterocycles. The Morgan fingerprint density at radius 3 is 2.57 bits per heavy atom. The Morgan fingerprint density at radius 1 is 1.36 bits per heavy atom. The Labute approximate surface area is 82.9 Å². The molecule has 0 amide bonds. The average molecular weight is 189 g/mol. The van der Waals surface area contributed by atoms with E-state index in [9.17, 15) is 0 Å². The first kappa shape index (κ1) is 9.04. The van der Waals surface area contributed by atoms with Crippen LogP contribution in [0.15, 0.2) is 24.3 Å². The van der Waals surface area contributed by atoms with Crippen molar-refractivity contribution in [2.75, 3.05) is 13.2 Å².